The van der Waals surface area contributed by atoms with Gasteiger partial charge < -0.3 is 24.5 Å². The molecule has 0 fully saturated rings. The zero-order chi connectivity index (χ0) is 51.1. The molecule has 0 saturated carbocycles. The van der Waals surface area contributed by atoms with E-state index in [1.54, 1.807) is 0 Å². The smallest absolute Gasteiger partial charge is 0.0990 e. The normalized spacial score (nSPS) is 10.9. The summed E-state index contributed by atoms with van der Waals surface area (Å²) >= 11 is 0. The van der Waals surface area contributed by atoms with Crippen LogP contribution < -0.4 is 24.5 Å². The van der Waals surface area contributed by atoms with Crippen molar-refractivity contribution in [2.75, 3.05) is 24.5 Å². The maximum Gasteiger partial charge on any atom is 0.0990 e. The Labute approximate surface area is 442 Å². The Morgan fingerprint density at radius 3 is 0.627 bits per heavy atom. The van der Waals surface area contributed by atoms with Crippen molar-refractivity contribution in [2.24, 2.45) is 0 Å². The largest absolute Gasteiger partial charge is 0.308 e. The molecule has 0 radical (unpaired) electrons. The molecule has 0 aliphatic rings. The van der Waals surface area contributed by atoms with Gasteiger partial charge in [-0.2, -0.15) is 0 Å². The van der Waals surface area contributed by atoms with Gasteiger partial charge in [-0.3, -0.25) is 0 Å². The van der Waals surface area contributed by atoms with Crippen LogP contribution in [0.2, 0.25) is 0 Å². The average molecular weight is 970 g/mol. The fraction of sp³-hybridized carbons (Fsp3) is 0.0571. The molecule has 5 nitrogen and oxygen atoms in total. The fourth-order valence-corrected chi connectivity index (χ4v) is 10.2. The molecule has 0 atom stereocenters. The van der Waals surface area contributed by atoms with E-state index in [2.05, 4.69) is 337 Å². The number of anilines is 15. The van der Waals surface area contributed by atoms with Gasteiger partial charge >= 0.3 is 0 Å². The van der Waals surface area contributed by atoms with E-state index in [-0.39, 0.29) is 0 Å². The second-order valence-corrected chi connectivity index (χ2v) is 19.0. The summed E-state index contributed by atoms with van der Waals surface area (Å²) < 4.78 is 0. The van der Waals surface area contributed by atoms with E-state index in [1.807, 2.05) is 0 Å². The van der Waals surface area contributed by atoms with Crippen LogP contribution in [0.1, 0.15) is 22.3 Å². The van der Waals surface area contributed by atoms with Crippen LogP contribution in [0.3, 0.4) is 0 Å². The Hall–Kier alpha value is -9.58. The summed E-state index contributed by atoms with van der Waals surface area (Å²) in [5, 5.41) is 0. The lowest BCUT2D eigenvalue weighted by Gasteiger charge is -2.43. The summed E-state index contributed by atoms with van der Waals surface area (Å²) in [5.41, 5.74) is 19.4. The van der Waals surface area contributed by atoms with Gasteiger partial charge in [0.1, 0.15) is 0 Å². The molecule has 5 heteroatoms. The van der Waals surface area contributed by atoms with Gasteiger partial charge in [-0.05, 0) is 177 Å². The fourth-order valence-electron chi connectivity index (χ4n) is 10.2. The Kier molecular flexibility index (Phi) is 13.8. The third-order valence-electron chi connectivity index (χ3n) is 13.5. The standard InChI is InChI=1S/C70H59N5/c1-52-27-23-43-62(47-52)72(58-35-15-7-16-36-58)67-51-66(71(56-31-11-5-12-32-56)57-33-13-6-14-34-57)68(73(59-37-17-8-18-38-59)63-44-24-28-53(2)48-63)70(75(61-41-21-10-22-42-61)65-46-26-30-55(4)50-65)69(67)74(60-39-19-9-20-40-60)64-45-25-29-54(3)49-64/h5-51H,1-4H3. The highest BCUT2D eigenvalue weighted by atomic mass is 15.3. The molecule has 75 heavy (non-hydrogen) atoms. The first-order chi connectivity index (χ1) is 36.9. The van der Waals surface area contributed by atoms with E-state index in [4.69, 9.17) is 0 Å². The van der Waals surface area contributed by atoms with Crippen molar-refractivity contribution in [3.8, 4) is 0 Å². The average Bonchev–Trinajstić information content (AvgIpc) is 3.47. The Morgan fingerprint density at radius 1 is 0.173 bits per heavy atom. The first-order valence-electron chi connectivity index (χ1n) is 25.7. The summed E-state index contributed by atoms with van der Waals surface area (Å²) in [7, 11) is 0. The lowest BCUT2D eigenvalue weighted by molar-refractivity contribution is 1.15. The third-order valence-corrected chi connectivity index (χ3v) is 13.5. The highest BCUT2D eigenvalue weighted by molar-refractivity contribution is 6.13. The minimum atomic E-state index is 0.945. The molecule has 0 heterocycles. The molecule has 0 saturated heterocycles. The van der Waals surface area contributed by atoms with Gasteiger partial charge in [-0.1, -0.05) is 158 Å². The van der Waals surface area contributed by atoms with Gasteiger partial charge in [0.15, 0.2) is 0 Å². The number of hydrogen-bond donors (Lipinski definition) is 0. The van der Waals surface area contributed by atoms with Gasteiger partial charge in [0.05, 0.1) is 28.4 Å². The van der Waals surface area contributed by atoms with Crippen LogP contribution in [-0.4, -0.2) is 0 Å². The van der Waals surface area contributed by atoms with Crippen molar-refractivity contribution in [1.29, 1.82) is 0 Å². The number of benzene rings is 11. The second kappa shape index (κ2) is 21.6. The molecular formula is C70H59N5. The number of hydrogen-bond acceptors (Lipinski definition) is 5. The lowest BCUT2D eigenvalue weighted by atomic mass is 9.99. The van der Waals surface area contributed by atoms with E-state index in [1.165, 1.54) is 0 Å². The van der Waals surface area contributed by atoms with Gasteiger partial charge in [0.2, 0.25) is 0 Å². The van der Waals surface area contributed by atoms with E-state index in [9.17, 15) is 0 Å². The van der Waals surface area contributed by atoms with Crippen molar-refractivity contribution in [2.45, 2.75) is 27.7 Å². The zero-order valence-corrected chi connectivity index (χ0v) is 42.9. The predicted molar refractivity (Wildman–Crippen MR) is 319 cm³/mol. The number of rotatable bonds is 15. The van der Waals surface area contributed by atoms with Crippen LogP contribution >= 0.6 is 0 Å². The van der Waals surface area contributed by atoms with Crippen molar-refractivity contribution in [3.05, 3.63) is 307 Å². The van der Waals surface area contributed by atoms with Crippen molar-refractivity contribution < 1.29 is 0 Å². The molecule has 11 aromatic rings. The molecule has 11 rings (SSSR count). The van der Waals surface area contributed by atoms with E-state index in [0.717, 1.165) is 108 Å². The minimum absolute atomic E-state index is 0.945. The van der Waals surface area contributed by atoms with Gasteiger partial charge in [0.25, 0.3) is 0 Å². The van der Waals surface area contributed by atoms with Crippen LogP contribution in [0.5, 0.6) is 0 Å². The van der Waals surface area contributed by atoms with Crippen LogP contribution in [0.15, 0.2) is 285 Å². The predicted octanol–water partition coefficient (Wildman–Crippen LogP) is 20.3. The van der Waals surface area contributed by atoms with Crippen LogP contribution in [-0.2, 0) is 0 Å². The summed E-state index contributed by atoms with van der Waals surface area (Å²) in [4.78, 5) is 12.4. The molecule has 0 unspecified atom stereocenters. The lowest BCUT2D eigenvalue weighted by Crippen LogP contribution is -2.26. The Balaban J connectivity index is 1.48. The maximum atomic E-state index is 2.50. The van der Waals surface area contributed by atoms with E-state index >= 15 is 0 Å². The SMILES string of the molecule is Cc1cccc(N(c2ccccc2)c2cc(N(c3ccccc3)c3ccccc3)c(N(c3ccccc3)c3cccc(C)c3)c(N(c3ccccc3)c3cccc(C)c3)c2N(c2ccccc2)c2cccc(C)c2)c1. The van der Waals surface area contributed by atoms with Crippen LogP contribution in [0.4, 0.5) is 85.3 Å². The first kappa shape index (κ1) is 47.7. The molecule has 0 aliphatic heterocycles. The van der Waals surface area contributed by atoms with Gasteiger partial charge in [-0.25, -0.2) is 0 Å². The maximum absolute atomic E-state index is 2.50. The summed E-state index contributed by atoms with van der Waals surface area (Å²) in [5.74, 6) is 0. The minimum Gasteiger partial charge on any atom is -0.308 e. The van der Waals surface area contributed by atoms with E-state index in [0.29, 0.717) is 0 Å². The number of para-hydroxylation sites is 6. The molecule has 0 amide bonds. The number of nitrogens with zero attached hydrogens (tertiary/aromatic N) is 5. The summed E-state index contributed by atoms with van der Waals surface area (Å²) in [6.07, 6.45) is 0. The van der Waals surface area contributed by atoms with E-state index < -0.39 is 0 Å². The Bertz CT molecular complexity index is 3620. The Morgan fingerprint density at radius 2 is 0.373 bits per heavy atom. The molecule has 0 N–H and O–H groups in total. The molecule has 0 spiro atoms. The molecule has 11 aromatic carbocycles. The van der Waals surface area contributed by atoms with Gasteiger partial charge in [-0.15, -0.1) is 0 Å². The van der Waals surface area contributed by atoms with Crippen molar-refractivity contribution in [3.63, 3.8) is 0 Å². The molecule has 0 aromatic heterocycles. The molecule has 0 bridgehead atoms. The first-order valence-corrected chi connectivity index (χ1v) is 25.7. The number of aryl methyl sites for hydroxylation is 4. The topological polar surface area (TPSA) is 16.2 Å². The van der Waals surface area contributed by atoms with Crippen molar-refractivity contribution >= 4 is 85.3 Å². The summed E-state index contributed by atoms with van der Waals surface area (Å²) in [6.45, 7) is 8.73. The highest BCUT2D eigenvalue weighted by Gasteiger charge is 2.37. The van der Waals surface area contributed by atoms with Crippen LogP contribution in [0.25, 0.3) is 0 Å². The molecule has 0 aliphatic carbocycles. The molecule has 364 valence electrons. The zero-order valence-electron chi connectivity index (χ0n) is 42.9. The molecular weight excluding hydrogens is 911 g/mol. The van der Waals surface area contributed by atoms with Crippen LogP contribution in [0, 0.1) is 27.7 Å². The third kappa shape index (κ3) is 10.0. The highest BCUT2D eigenvalue weighted by Crippen LogP contribution is 2.62. The quantitative estimate of drug-likeness (QED) is 0.101. The second-order valence-electron chi connectivity index (χ2n) is 19.0. The van der Waals surface area contributed by atoms with Crippen molar-refractivity contribution in [1.82, 2.24) is 0 Å². The monoisotopic (exact) mass is 969 g/mol. The van der Waals surface area contributed by atoms with Gasteiger partial charge in [0, 0.05) is 56.9 Å². The summed E-state index contributed by atoms with van der Waals surface area (Å²) in [6, 6.07) is 103.